The van der Waals surface area contributed by atoms with Gasteiger partial charge in [0.1, 0.15) is 6.10 Å². The summed E-state index contributed by atoms with van der Waals surface area (Å²) in [5.74, 6) is -3.50. The van der Waals surface area contributed by atoms with Gasteiger partial charge in [-0.3, -0.25) is 0 Å². The SMILES string of the molecule is COC(=O)C1=CO[C@@H](C)[C@H]2Cn3ccc4c5ccccc5nc-4c3CC12.O=C(O)[C@H](O)[C@@H](O)C(=O)O. The molecule has 0 radical (unpaired) electrons. The van der Waals surface area contributed by atoms with Crippen molar-refractivity contribution in [2.75, 3.05) is 7.11 Å². The zero-order valence-electron chi connectivity index (χ0n) is 19.6. The molecule has 5 rings (SSSR count). The van der Waals surface area contributed by atoms with Crippen LogP contribution in [0.15, 0.2) is 48.4 Å². The number of ether oxygens (including phenoxy) is 2. The van der Waals surface area contributed by atoms with Gasteiger partial charge in [-0.1, -0.05) is 18.2 Å². The monoisotopic (exact) mass is 498 g/mol. The van der Waals surface area contributed by atoms with Crippen LogP contribution >= 0.6 is 0 Å². The minimum absolute atomic E-state index is 0.0662. The number of hydrogen-bond donors (Lipinski definition) is 4. The number of carbonyl (C=O) groups excluding carboxylic acids is 1. The highest BCUT2D eigenvalue weighted by Gasteiger charge is 2.42. The van der Waals surface area contributed by atoms with Crippen LogP contribution in [0.5, 0.6) is 0 Å². The van der Waals surface area contributed by atoms with E-state index in [1.165, 1.54) is 23.8 Å². The number of methoxy groups -OCH3 is 1. The van der Waals surface area contributed by atoms with E-state index >= 15 is 0 Å². The third-order valence-corrected chi connectivity index (χ3v) is 6.70. The van der Waals surface area contributed by atoms with Crippen LogP contribution in [0, 0.1) is 11.8 Å². The van der Waals surface area contributed by atoms with E-state index in [9.17, 15) is 14.4 Å². The van der Waals surface area contributed by atoms with E-state index in [2.05, 4.69) is 29.8 Å². The second-order valence-electron chi connectivity index (χ2n) is 8.75. The van der Waals surface area contributed by atoms with Crippen LogP contribution in [0.2, 0.25) is 0 Å². The third-order valence-electron chi connectivity index (χ3n) is 6.70. The molecule has 0 saturated heterocycles. The summed E-state index contributed by atoms with van der Waals surface area (Å²) in [5, 5.41) is 33.7. The van der Waals surface area contributed by atoms with Crippen molar-refractivity contribution in [3.63, 3.8) is 0 Å². The Kier molecular flexibility index (Phi) is 6.95. The molecular weight excluding hydrogens is 472 g/mol. The first-order chi connectivity index (χ1) is 17.1. The van der Waals surface area contributed by atoms with E-state index in [0.29, 0.717) is 5.57 Å². The fraction of sp³-hybridized carbons (Fsp3) is 0.360. The molecule has 0 fully saturated rings. The summed E-state index contributed by atoms with van der Waals surface area (Å²) in [4.78, 5) is 36.7. The van der Waals surface area contributed by atoms with Gasteiger partial charge in [0.15, 0.2) is 12.2 Å². The highest BCUT2D eigenvalue weighted by atomic mass is 16.5. The molecular formula is C25H26N2O9. The van der Waals surface area contributed by atoms with E-state index in [-0.39, 0.29) is 23.9 Å². The number of aliphatic hydroxyl groups excluding tert-OH is 2. The van der Waals surface area contributed by atoms with Crippen molar-refractivity contribution < 1.29 is 44.3 Å². The molecule has 4 heterocycles. The second kappa shape index (κ2) is 9.96. The highest BCUT2D eigenvalue weighted by molar-refractivity contribution is 5.98. The maximum Gasteiger partial charge on any atom is 0.337 e. The number of carboxylic acid groups (broad SMARTS) is 2. The molecule has 0 spiro atoms. The number of nitrogens with zero attached hydrogens (tertiary/aromatic N) is 2. The second-order valence-corrected chi connectivity index (χ2v) is 8.75. The van der Waals surface area contributed by atoms with Crippen LogP contribution in [0.3, 0.4) is 0 Å². The molecule has 1 aromatic carbocycles. The van der Waals surface area contributed by atoms with E-state index in [4.69, 9.17) is 34.9 Å². The van der Waals surface area contributed by atoms with E-state index in [0.717, 1.165) is 24.2 Å². The number of aliphatic carboxylic acids is 2. The molecule has 5 atom stereocenters. The molecule has 0 bridgehead atoms. The van der Waals surface area contributed by atoms with Crippen LogP contribution in [0.25, 0.3) is 22.2 Å². The Hall–Kier alpha value is -3.96. The normalized spacial score (nSPS) is 22.1. The molecule has 4 aliphatic heterocycles. The predicted molar refractivity (Wildman–Crippen MR) is 125 cm³/mol. The van der Waals surface area contributed by atoms with Gasteiger partial charge in [-0.2, -0.15) is 0 Å². The summed E-state index contributed by atoms with van der Waals surface area (Å²) in [5.41, 5.74) is 5.05. The lowest BCUT2D eigenvalue weighted by Gasteiger charge is -2.41. The predicted octanol–water partition coefficient (Wildman–Crippen LogP) is 1.28. The van der Waals surface area contributed by atoms with Crippen molar-refractivity contribution in [2.24, 2.45) is 11.8 Å². The average molecular weight is 498 g/mol. The van der Waals surface area contributed by atoms with Crippen molar-refractivity contribution >= 4 is 28.8 Å². The Morgan fingerprint density at radius 3 is 2.42 bits per heavy atom. The van der Waals surface area contributed by atoms with Crippen LogP contribution in [0.4, 0.5) is 0 Å². The van der Waals surface area contributed by atoms with Crippen molar-refractivity contribution in [2.45, 2.75) is 38.2 Å². The summed E-state index contributed by atoms with van der Waals surface area (Å²) in [6, 6.07) is 10.4. The molecule has 1 aromatic rings. The molecule has 4 N–H and O–H groups in total. The Morgan fingerprint density at radius 1 is 1.11 bits per heavy atom. The summed E-state index contributed by atoms with van der Waals surface area (Å²) in [7, 11) is 1.42. The van der Waals surface area contributed by atoms with Gasteiger partial charge in [-0.25, -0.2) is 19.4 Å². The molecule has 190 valence electrons. The number of carbonyl (C=O) groups is 3. The fourth-order valence-corrected chi connectivity index (χ4v) is 4.76. The molecule has 0 amide bonds. The number of rotatable bonds is 4. The number of para-hydroxylation sites is 1. The quantitative estimate of drug-likeness (QED) is 0.385. The minimum atomic E-state index is -2.27. The third kappa shape index (κ3) is 4.50. The van der Waals surface area contributed by atoms with Crippen LogP contribution < -0.4 is 0 Å². The Morgan fingerprint density at radius 2 is 1.78 bits per heavy atom. The number of aliphatic hydroxyl groups is 2. The molecule has 11 heteroatoms. The van der Waals surface area contributed by atoms with E-state index in [1.54, 1.807) is 6.26 Å². The van der Waals surface area contributed by atoms with Crippen molar-refractivity contribution in [3.8, 4) is 11.3 Å². The largest absolute Gasteiger partial charge is 0.497 e. The maximum absolute atomic E-state index is 12.3. The van der Waals surface area contributed by atoms with Gasteiger partial charge in [0.05, 0.1) is 30.2 Å². The summed E-state index contributed by atoms with van der Waals surface area (Å²) in [6.07, 6.45) is 0.0409. The van der Waals surface area contributed by atoms with Crippen LogP contribution in [0.1, 0.15) is 12.6 Å². The summed E-state index contributed by atoms with van der Waals surface area (Å²) in [6.45, 7) is 2.88. The molecule has 0 aliphatic carbocycles. The number of aromatic nitrogens is 2. The fourth-order valence-electron chi connectivity index (χ4n) is 4.76. The number of benzene rings is 1. The number of fused-ring (bicyclic) bond motifs is 6. The van der Waals surface area contributed by atoms with Gasteiger partial charge >= 0.3 is 17.9 Å². The van der Waals surface area contributed by atoms with Gasteiger partial charge in [-0.05, 0) is 25.5 Å². The lowest BCUT2D eigenvalue weighted by Crippen LogP contribution is -2.42. The van der Waals surface area contributed by atoms with Crippen molar-refractivity contribution in [1.29, 1.82) is 0 Å². The lowest BCUT2D eigenvalue weighted by molar-refractivity contribution is -0.165. The average Bonchev–Trinajstić information content (AvgIpc) is 3.26. The Bertz CT molecular complexity index is 1300. The van der Waals surface area contributed by atoms with Gasteiger partial charge < -0.3 is 34.5 Å². The molecule has 4 aliphatic rings. The van der Waals surface area contributed by atoms with E-state index < -0.39 is 24.1 Å². The number of hydrogen-bond acceptors (Lipinski definition) is 8. The summed E-state index contributed by atoms with van der Waals surface area (Å²) >= 11 is 0. The van der Waals surface area contributed by atoms with Gasteiger partial charge in [-0.15, -0.1) is 0 Å². The topological polar surface area (TPSA) is 168 Å². The highest BCUT2D eigenvalue weighted by Crippen LogP contribution is 2.42. The first kappa shape index (κ1) is 25.1. The zero-order chi connectivity index (χ0) is 26.1. The minimum Gasteiger partial charge on any atom is -0.497 e. The van der Waals surface area contributed by atoms with Gasteiger partial charge in [0, 0.05) is 41.2 Å². The Balaban J connectivity index is 0.000000261. The summed E-state index contributed by atoms with van der Waals surface area (Å²) < 4.78 is 13.0. The maximum atomic E-state index is 12.3. The molecule has 1 unspecified atom stereocenters. The lowest BCUT2D eigenvalue weighted by atomic mass is 9.75. The smallest absolute Gasteiger partial charge is 0.337 e. The number of pyridine rings is 1. The van der Waals surface area contributed by atoms with Gasteiger partial charge in [0.25, 0.3) is 0 Å². The number of esters is 1. The van der Waals surface area contributed by atoms with Gasteiger partial charge in [0.2, 0.25) is 0 Å². The zero-order valence-corrected chi connectivity index (χ0v) is 19.6. The first-order valence-electron chi connectivity index (χ1n) is 11.3. The van der Waals surface area contributed by atoms with Crippen molar-refractivity contribution in [1.82, 2.24) is 9.55 Å². The Labute approximate surface area is 205 Å². The molecule has 0 aromatic heterocycles. The first-order valence-corrected chi connectivity index (χ1v) is 11.3. The van der Waals surface area contributed by atoms with E-state index in [1.807, 2.05) is 18.2 Å². The molecule has 11 nitrogen and oxygen atoms in total. The number of carboxylic acids is 2. The standard InChI is InChI=1S/C21H20N2O3.C4H6O6/c1-12-16-10-23-8-7-14-13-5-3-4-6-18(13)22-20(14)19(23)9-15(16)17(11-26-12)21(24)25-2;5-1(3(7)8)2(6)4(9)10/h3-8,11-12,15-16H,9-10H2,1-2H3;1-2,5-6H,(H,7,8)(H,9,10)/t12-,15?,16+;1-,2-/m01/s1. The molecule has 36 heavy (non-hydrogen) atoms. The van der Waals surface area contributed by atoms with Crippen molar-refractivity contribution in [3.05, 3.63) is 54.1 Å². The molecule has 0 saturated carbocycles. The van der Waals surface area contributed by atoms with Crippen LogP contribution in [-0.4, -0.2) is 73.3 Å². The van der Waals surface area contributed by atoms with Crippen LogP contribution in [-0.2, 0) is 36.8 Å².